The van der Waals surface area contributed by atoms with E-state index >= 15 is 0 Å². The first kappa shape index (κ1) is 30.8. The number of nitrogens with zero attached hydrogens (tertiary/aromatic N) is 3. The number of ether oxygens (including phenoxy) is 1. The van der Waals surface area contributed by atoms with Gasteiger partial charge in [-0.05, 0) is 31.2 Å². The molecule has 0 radical (unpaired) electrons. The van der Waals surface area contributed by atoms with E-state index < -0.39 is 41.8 Å². The molecule has 4 bridgehead atoms. The summed E-state index contributed by atoms with van der Waals surface area (Å²) in [6, 6.07) is 7.92. The van der Waals surface area contributed by atoms with Crippen LogP contribution in [-0.2, 0) is 20.7 Å². The molecule has 0 unspecified atom stereocenters. The Labute approximate surface area is 248 Å². The number of rotatable bonds is 6. The van der Waals surface area contributed by atoms with Crippen LogP contribution in [0.2, 0.25) is 0 Å². The Hall–Kier alpha value is -4.10. The Bertz CT molecular complexity index is 1390. The number of carbonyl (C=O) groups excluding carboxylic acids is 4. The summed E-state index contributed by atoms with van der Waals surface area (Å²) in [5, 5.41) is 10.9. The zero-order valence-electron chi connectivity index (χ0n) is 24.1. The van der Waals surface area contributed by atoms with Crippen LogP contribution in [0, 0.1) is 5.92 Å². The van der Waals surface area contributed by atoms with Gasteiger partial charge in [0, 0.05) is 25.1 Å². The van der Waals surface area contributed by atoms with Gasteiger partial charge < -0.3 is 30.0 Å². The van der Waals surface area contributed by atoms with E-state index in [-0.39, 0.29) is 42.9 Å². The molecule has 12 nitrogen and oxygen atoms in total. The zero-order valence-corrected chi connectivity index (χ0v) is 24.9. The van der Waals surface area contributed by atoms with E-state index in [0.717, 1.165) is 5.56 Å². The van der Waals surface area contributed by atoms with Crippen LogP contribution in [0.25, 0.3) is 0 Å². The number of oxazole rings is 1. The third-order valence-corrected chi connectivity index (χ3v) is 7.59. The van der Waals surface area contributed by atoms with Crippen molar-refractivity contribution in [1.82, 2.24) is 30.8 Å². The molecule has 3 heterocycles. The number of nitrogens with one attached hydrogen (secondary N) is 3. The van der Waals surface area contributed by atoms with Gasteiger partial charge >= 0.3 is 0 Å². The van der Waals surface area contributed by atoms with Crippen molar-refractivity contribution in [1.29, 1.82) is 0 Å². The molecular weight excluding hydrogens is 560 g/mol. The van der Waals surface area contributed by atoms with Crippen LogP contribution in [0.3, 0.4) is 0 Å². The van der Waals surface area contributed by atoms with Crippen LogP contribution in [0.4, 0.5) is 0 Å². The summed E-state index contributed by atoms with van der Waals surface area (Å²) in [7, 11) is 1.41. The lowest BCUT2D eigenvalue weighted by Gasteiger charge is -2.29. The molecule has 42 heavy (non-hydrogen) atoms. The van der Waals surface area contributed by atoms with Crippen LogP contribution < -0.4 is 16.0 Å². The van der Waals surface area contributed by atoms with Crippen molar-refractivity contribution in [2.45, 2.75) is 51.7 Å². The first-order valence-electron chi connectivity index (χ1n) is 13.8. The molecule has 1 aliphatic heterocycles. The molecule has 1 aromatic carbocycles. The fourth-order valence-corrected chi connectivity index (χ4v) is 5.53. The third-order valence-electron chi connectivity index (χ3n) is 6.63. The number of aromatic nitrogens is 2. The zero-order chi connectivity index (χ0) is 30.2. The monoisotopic (exact) mass is 596 g/mol. The van der Waals surface area contributed by atoms with Gasteiger partial charge in [-0.1, -0.05) is 44.2 Å². The van der Waals surface area contributed by atoms with Crippen molar-refractivity contribution in [2.75, 3.05) is 26.8 Å². The molecule has 4 rings (SSSR count). The molecule has 0 saturated carbocycles. The highest BCUT2D eigenvalue weighted by atomic mass is 32.1. The van der Waals surface area contributed by atoms with Crippen LogP contribution in [-0.4, -0.2) is 71.3 Å². The van der Waals surface area contributed by atoms with Crippen molar-refractivity contribution in [3.8, 4) is 0 Å². The summed E-state index contributed by atoms with van der Waals surface area (Å²) < 4.78 is 10.6. The maximum Gasteiger partial charge on any atom is 0.273 e. The molecule has 0 aliphatic carbocycles. The van der Waals surface area contributed by atoms with Crippen molar-refractivity contribution >= 4 is 35.0 Å². The first-order chi connectivity index (χ1) is 20.1. The van der Waals surface area contributed by atoms with Gasteiger partial charge in [0.1, 0.15) is 29.6 Å². The van der Waals surface area contributed by atoms with E-state index in [1.807, 2.05) is 44.2 Å². The summed E-state index contributed by atoms with van der Waals surface area (Å²) in [6.07, 6.45) is 2.19. The lowest BCUT2D eigenvalue weighted by molar-refractivity contribution is -0.139. The largest absolute Gasteiger partial charge is 0.446 e. The van der Waals surface area contributed by atoms with Gasteiger partial charge in [0.25, 0.3) is 11.8 Å². The van der Waals surface area contributed by atoms with Crippen molar-refractivity contribution in [2.24, 2.45) is 5.92 Å². The normalized spacial score (nSPS) is 20.4. The molecule has 3 aromatic rings. The van der Waals surface area contributed by atoms with Gasteiger partial charge in [-0.15, -0.1) is 11.3 Å². The van der Waals surface area contributed by atoms with E-state index in [9.17, 15) is 19.2 Å². The molecule has 224 valence electrons. The summed E-state index contributed by atoms with van der Waals surface area (Å²) in [6.45, 7) is 5.29. The standard InChI is InChI=1S/C29H36N6O6S/c1-17(2)10-20-12-35(25(37)15-40-4)13-24(36)32-21(11-19-8-6-5-7-9-19)29-34-23(16-42-29)27(39)30-18(3)28-33-22(14-41-28)26(38)31-20/h5-9,14,16-18,20-21H,10-13,15H2,1-4H3,(H,30,39)(H,31,38)(H,32,36)/t18-,20-,21-/m1/s1. The van der Waals surface area contributed by atoms with E-state index in [0.29, 0.717) is 17.8 Å². The second-order valence-corrected chi connectivity index (χ2v) is 11.5. The number of fused-ring (bicyclic) bond motifs is 4. The van der Waals surface area contributed by atoms with Crippen molar-refractivity contribution in [3.05, 3.63) is 69.8 Å². The highest BCUT2D eigenvalue weighted by Gasteiger charge is 2.28. The minimum Gasteiger partial charge on any atom is -0.446 e. The SMILES string of the molecule is COCC(=O)N1CC(=O)N[C@H](Cc2ccccc2)c2nc(cs2)C(=O)N[C@H](C)c2nc(co2)C(=O)N[C@H](CC(C)C)C1. The van der Waals surface area contributed by atoms with Gasteiger partial charge in [-0.2, -0.15) is 0 Å². The minimum atomic E-state index is -0.642. The number of benzene rings is 1. The molecule has 3 atom stereocenters. The highest BCUT2D eigenvalue weighted by molar-refractivity contribution is 7.09. The topological polar surface area (TPSA) is 156 Å². The van der Waals surface area contributed by atoms with E-state index in [1.54, 1.807) is 12.3 Å². The lowest BCUT2D eigenvalue weighted by Crippen LogP contribution is -2.50. The molecule has 3 N–H and O–H groups in total. The summed E-state index contributed by atoms with van der Waals surface area (Å²) in [4.78, 5) is 62.8. The van der Waals surface area contributed by atoms with E-state index in [2.05, 4.69) is 25.9 Å². The number of carbonyl (C=O) groups is 4. The van der Waals surface area contributed by atoms with Crippen LogP contribution >= 0.6 is 11.3 Å². The lowest BCUT2D eigenvalue weighted by atomic mass is 10.0. The molecule has 1 aliphatic rings. The number of thiazole rings is 1. The van der Waals surface area contributed by atoms with Crippen LogP contribution in [0.15, 0.2) is 46.4 Å². The molecule has 4 amide bonds. The average molecular weight is 597 g/mol. The average Bonchev–Trinajstić information content (AvgIpc) is 3.63. The van der Waals surface area contributed by atoms with Crippen molar-refractivity contribution in [3.63, 3.8) is 0 Å². The molecule has 2 aromatic heterocycles. The summed E-state index contributed by atoms with van der Waals surface area (Å²) in [5.74, 6) is -1.41. The number of hydrogen-bond donors (Lipinski definition) is 3. The Balaban J connectivity index is 1.70. The Kier molecular flexibility index (Phi) is 10.4. The third kappa shape index (κ3) is 8.23. The number of hydrogen-bond acceptors (Lipinski definition) is 9. The van der Waals surface area contributed by atoms with Gasteiger partial charge in [-0.25, -0.2) is 9.97 Å². The van der Waals surface area contributed by atoms with Gasteiger partial charge in [-0.3, -0.25) is 19.2 Å². The van der Waals surface area contributed by atoms with Crippen LogP contribution in [0.1, 0.15) is 76.7 Å². The first-order valence-corrected chi connectivity index (χ1v) is 14.6. The van der Waals surface area contributed by atoms with Gasteiger partial charge in [0.2, 0.25) is 17.7 Å². The number of amides is 4. The quantitative estimate of drug-likeness (QED) is 0.392. The molecule has 13 heteroatoms. The van der Waals surface area contributed by atoms with E-state index in [4.69, 9.17) is 9.15 Å². The summed E-state index contributed by atoms with van der Waals surface area (Å²) >= 11 is 1.25. The smallest absolute Gasteiger partial charge is 0.273 e. The van der Waals surface area contributed by atoms with Crippen molar-refractivity contribution < 1.29 is 28.3 Å². The molecule has 0 spiro atoms. The highest BCUT2D eigenvalue weighted by Crippen LogP contribution is 2.24. The van der Waals surface area contributed by atoms with Crippen LogP contribution in [0.5, 0.6) is 0 Å². The second kappa shape index (κ2) is 14.2. The Morgan fingerprint density at radius 1 is 1.10 bits per heavy atom. The fraction of sp³-hybridized carbons (Fsp3) is 0.448. The second-order valence-electron chi connectivity index (χ2n) is 10.7. The maximum atomic E-state index is 13.4. The van der Waals surface area contributed by atoms with E-state index in [1.165, 1.54) is 29.6 Å². The Morgan fingerprint density at radius 3 is 2.55 bits per heavy atom. The molecule has 0 saturated heterocycles. The predicted molar refractivity (Wildman–Crippen MR) is 155 cm³/mol. The molecule has 0 fully saturated rings. The minimum absolute atomic E-state index is 0.0354. The maximum absolute atomic E-state index is 13.4. The van der Waals surface area contributed by atoms with Gasteiger partial charge in [0.15, 0.2) is 5.69 Å². The predicted octanol–water partition coefficient (Wildman–Crippen LogP) is 2.66. The fourth-order valence-electron chi connectivity index (χ4n) is 4.68. The van der Waals surface area contributed by atoms with Gasteiger partial charge in [0.05, 0.1) is 12.6 Å². The summed E-state index contributed by atoms with van der Waals surface area (Å²) in [5.41, 5.74) is 1.17. The number of methoxy groups -OCH3 is 1. The Morgan fingerprint density at radius 2 is 1.83 bits per heavy atom. The molecular formula is C29H36N6O6S.